The predicted octanol–water partition coefficient (Wildman–Crippen LogP) is 3.03. The van der Waals surface area contributed by atoms with Gasteiger partial charge in [0.05, 0.1) is 6.54 Å². The molecular formula is C14H16F3NO2. The van der Waals surface area contributed by atoms with E-state index >= 15 is 0 Å². The maximum Gasteiger partial charge on any atom is 0.454 e. The quantitative estimate of drug-likeness (QED) is 0.753. The number of ketones is 1. The molecule has 0 radical (unpaired) electrons. The number of allylic oxidation sites excluding steroid dienone is 2. The SMILES string of the molecule is C/C(=C\C(=O)C(F)(F)F)N(C)CCOc1ccccc1. The van der Waals surface area contributed by atoms with E-state index in [0.717, 1.165) is 0 Å². The number of para-hydroxylation sites is 1. The number of ether oxygens (including phenoxy) is 1. The van der Waals surface area contributed by atoms with Gasteiger partial charge < -0.3 is 9.64 Å². The Kier molecular flexibility index (Phi) is 5.61. The lowest BCUT2D eigenvalue weighted by Crippen LogP contribution is -2.26. The lowest BCUT2D eigenvalue weighted by Gasteiger charge is -2.20. The Morgan fingerprint density at radius 3 is 2.45 bits per heavy atom. The van der Waals surface area contributed by atoms with Gasteiger partial charge in [-0.3, -0.25) is 4.79 Å². The van der Waals surface area contributed by atoms with E-state index in [1.54, 1.807) is 19.2 Å². The summed E-state index contributed by atoms with van der Waals surface area (Å²) in [4.78, 5) is 12.3. The van der Waals surface area contributed by atoms with Crippen LogP contribution in [0, 0.1) is 0 Å². The van der Waals surface area contributed by atoms with E-state index in [4.69, 9.17) is 4.74 Å². The van der Waals surface area contributed by atoms with Gasteiger partial charge in [0.2, 0.25) is 0 Å². The topological polar surface area (TPSA) is 29.5 Å². The average Bonchev–Trinajstić information content (AvgIpc) is 2.38. The minimum Gasteiger partial charge on any atom is -0.492 e. The highest BCUT2D eigenvalue weighted by Gasteiger charge is 2.36. The number of halogens is 3. The Hall–Kier alpha value is -1.98. The fourth-order valence-electron chi connectivity index (χ4n) is 1.38. The average molecular weight is 287 g/mol. The molecule has 0 N–H and O–H groups in total. The largest absolute Gasteiger partial charge is 0.492 e. The molecule has 20 heavy (non-hydrogen) atoms. The molecule has 3 nitrogen and oxygen atoms in total. The molecule has 0 atom stereocenters. The lowest BCUT2D eigenvalue weighted by molar-refractivity contribution is -0.165. The van der Waals surface area contributed by atoms with E-state index < -0.39 is 12.0 Å². The summed E-state index contributed by atoms with van der Waals surface area (Å²) >= 11 is 0. The highest BCUT2D eigenvalue weighted by molar-refractivity contribution is 5.94. The van der Waals surface area contributed by atoms with Gasteiger partial charge in [0, 0.05) is 18.8 Å². The summed E-state index contributed by atoms with van der Waals surface area (Å²) in [5.74, 6) is -1.17. The number of hydrogen-bond acceptors (Lipinski definition) is 3. The van der Waals surface area contributed by atoms with E-state index in [2.05, 4.69) is 0 Å². The van der Waals surface area contributed by atoms with Gasteiger partial charge in [0.1, 0.15) is 12.4 Å². The molecule has 0 amide bonds. The Labute approximate surface area is 115 Å². The van der Waals surface area contributed by atoms with Crippen molar-refractivity contribution in [3.8, 4) is 5.75 Å². The number of carbonyl (C=O) groups excluding carboxylic acids is 1. The van der Waals surface area contributed by atoms with Crippen LogP contribution in [0.4, 0.5) is 13.2 Å². The van der Waals surface area contributed by atoms with Gasteiger partial charge in [0.25, 0.3) is 5.78 Å². The first kappa shape index (κ1) is 16.1. The first-order valence-corrected chi connectivity index (χ1v) is 5.99. The standard InChI is InChI=1S/C14H16F3NO2/c1-11(10-13(19)14(15,16)17)18(2)8-9-20-12-6-4-3-5-7-12/h3-7,10H,8-9H2,1-2H3/b11-10+. The summed E-state index contributed by atoms with van der Waals surface area (Å²) < 4.78 is 41.7. The highest BCUT2D eigenvalue weighted by Crippen LogP contribution is 2.18. The third kappa shape index (κ3) is 5.34. The lowest BCUT2D eigenvalue weighted by atomic mass is 10.3. The normalized spacial score (nSPS) is 12.2. The van der Waals surface area contributed by atoms with Gasteiger partial charge in [-0.1, -0.05) is 18.2 Å². The minimum atomic E-state index is -4.83. The molecule has 0 saturated carbocycles. The second-order valence-electron chi connectivity index (χ2n) is 4.23. The first-order chi connectivity index (χ1) is 9.30. The van der Waals surface area contributed by atoms with Gasteiger partial charge in [-0.15, -0.1) is 0 Å². The number of carbonyl (C=O) groups is 1. The second-order valence-corrected chi connectivity index (χ2v) is 4.23. The number of rotatable bonds is 6. The summed E-state index contributed by atoms with van der Waals surface area (Å²) in [7, 11) is 1.60. The van der Waals surface area contributed by atoms with Gasteiger partial charge in [-0.05, 0) is 19.1 Å². The maximum absolute atomic E-state index is 12.1. The van der Waals surface area contributed by atoms with Crippen LogP contribution in [0.1, 0.15) is 6.92 Å². The van der Waals surface area contributed by atoms with Crippen molar-refractivity contribution in [2.75, 3.05) is 20.2 Å². The van der Waals surface area contributed by atoms with Gasteiger partial charge in [-0.2, -0.15) is 13.2 Å². The molecule has 1 aromatic rings. The molecule has 0 spiro atoms. The third-order valence-corrected chi connectivity index (χ3v) is 2.66. The van der Waals surface area contributed by atoms with E-state index in [-0.39, 0.29) is 5.70 Å². The summed E-state index contributed by atoms with van der Waals surface area (Å²) in [5.41, 5.74) is 0.240. The Morgan fingerprint density at radius 1 is 1.30 bits per heavy atom. The van der Waals surface area contributed by atoms with Crippen LogP contribution in [0.2, 0.25) is 0 Å². The van der Waals surface area contributed by atoms with E-state index in [0.29, 0.717) is 25.0 Å². The fourth-order valence-corrected chi connectivity index (χ4v) is 1.38. The van der Waals surface area contributed by atoms with Crippen LogP contribution in [0.3, 0.4) is 0 Å². The van der Waals surface area contributed by atoms with Crippen LogP contribution in [0.5, 0.6) is 5.75 Å². The molecule has 0 aliphatic carbocycles. The smallest absolute Gasteiger partial charge is 0.454 e. The van der Waals surface area contributed by atoms with Gasteiger partial charge in [-0.25, -0.2) is 0 Å². The van der Waals surface area contributed by atoms with Crippen molar-refractivity contribution in [2.24, 2.45) is 0 Å². The van der Waals surface area contributed by atoms with Crippen LogP contribution >= 0.6 is 0 Å². The predicted molar refractivity (Wildman–Crippen MR) is 69.4 cm³/mol. The molecule has 0 heterocycles. The monoisotopic (exact) mass is 287 g/mol. The third-order valence-electron chi connectivity index (χ3n) is 2.66. The molecule has 1 rings (SSSR count). The van der Waals surface area contributed by atoms with Crippen LogP contribution in [-0.4, -0.2) is 37.1 Å². The van der Waals surface area contributed by atoms with Crippen molar-refractivity contribution >= 4 is 5.78 Å². The summed E-state index contributed by atoms with van der Waals surface area (Å²) in [6.45, 7) is 2.14. The zero-order chi connectivity index (χ0) is 15.2. The molecule has 0 aromatic heterocycles. The zero-order valence-electron chi connectivity index (χ0n) is 11.3. The van der Waals surface area contributed by atoms with Crippen LogP contribution < -0.4 is 4.74 Å². The number of nitrogens with zero attached hydrogens (tertiary/aromatic N) is 1. The van der Waals surface area contributed by atoms with Crippen LogP contribution in [0.25, 0.3) is 0 Å². The van der Waals surface area contributed by atoms with Crippen molar-refractivity contribution < 1.29 is 22.7 Å². The molecule has 6 heteroatoms. The van der Waals surface area contributed by atoms with E-state index in [1.807, 2.05) is 18.2 Å². The molecule has 0 saturated heterocycles. The summed E-state index contributed by atoms with van der Waals surface area (Å²) in [6, 6.07) is 9.08. The summed E-state index contributed by atoms with van der Waals surface area (Å²) in [6.07, 6.45) is -4.24. The van der Waals surface area contributed by atoms with Gasteiger partial charge in [0.15, 0.2) is 0 Å². The summed E-state index contributed by atoms with van der Waals surface area (Å²) in [5, 5.41) is 0. The zero-order valence-corrected chi connectivity index (χ0v) is 11.3. The second kappa shape index (κ2) is 6.98. The number of benzene rings is 1. The van der Waals surface area contributed by atoms with Crippen molar-refractivity contribution in [3.63, 3.8) is 0 Å². The fraction of sp³-hybridized carbons (Fsp3) is 0.357. The van der Waals surface area contributed by atoms with Crippen molar-refractivity contribution in [3.05, 3.63) is 42.1 Å². The highest BCUT2D eigenvalue weighted by atomic mass is 19.4. The Bertz CT molecular complexity index is 469. The minimum absolute atomic E-state index is 0.240. The molecule has 0 unspecified atom stereocenters. The number of likely N-dealkylation sites (N-methyl/N-ethyl adjacent to an activating group) is 1. The molecule has 0 fully saturated rings. The van der Waals surface area contributed by atoms with E-state index in [9.17, 15) is 18.0 Å². The molecule has 110 valence electrons. The van der Waals surface area contributed by atoms with Crippen LogP contribution in [-0.2, 0) is 4.79 Å². The maximum atomic E-state index is 12.1. The Morgan fingerprint density at radius 2 is 1.90 bits per heavy atom. The van der Waals surface area contributed by atoms with Crippen LogP contribution in [0.15, 0.2) is 42.1 Å². The first-order valence-electron chi connectivity index (χ1n) is 5.99. The van der Waals surface area contributed by atoms with Crippen molar-refractivity contribution in [2.45, 2.75) is 13.1 Å². The Balaban J connectivity index is 2.44. The van der Waals surface area contributed by atoms with E-state index in [1.165, 1.54) is 11.8 Å². The van der Waals surface area contributed by atoms with Gasteiger partial charge >= 0.3 is 6.18 Å². The molecule has 1 aromatic carbocycles. The van der Waals surface area contributed by atoms with Crippen molar-refractivity contribution in [1.29, 1.82) is 0 Å². The number of hydrogen-bond donors (Lipinski definition) is 0. The molecule has 0 aliphatic rings. The molecule has 0 aliphatic heterocycles. The van der Waals surface area contributed by atoms with Crippen molar-refractivity contribution in [1.82, 2.24) is 4.90 Å². The number of alkyl halides is 3. The molecule has 0 bridgehead atoms. The molecular weight excluding hydrogens is 271 g/mol.